The molecule has 19 heavy (non-hydrogen) atoms. The fourth-order valence-electron chi connectivity index (χ4n) is 2.34. The summed E-state index contributed by atoms with van der Waals surface area (Å²) in [4.78, 5) is 5.09. The molecule has 3 nitrogen and oxygen atoms in total. The largest absolute Gasteiger partial charge is 0.308 e. The highest BCUT2D eigenvalue weighted by Crippen LogP contribution is 2.16. The molecule has 0 unspecified atom stereocenters. The molecule has 0 aromatic heterocycles. The normalized spacial score (nSPS) is 19.7. The van der Waals surface area contributed by atoms with E-state index in [0.29, 0.717) is 5.54 Å². The van der Waals surface area contributed by atoms with Gasteiger partial charge in [-0.25, -0.2) is 0 Å². The summed E-state index contributed by atoms with van der Waals surface area (Å²) in [6, 6.07) is 0. The van der Waals surface area contributed by atoms with Crippen molar-refractivity contribution in [2.75, 3.05) is 39.3 Å². The van der Waals surface area contributed by atoms with Crippen LogP contribution in [0.15, 0.2) is 12.2 Å². The molecule has 0 radical (unpaired) electrons. The number of piperazine rings is 1. The minimum atomic E-state index is 0.174. The average Bonchev–Trinajstić information content (AvgIpc) is 2.25. The summed E-state index contributed by atoms with van der Waals surface area (Å²) in [6.07, 6.45) is 0. The van der Waals surface area contributed by atoms with Crippen molar-refractivity contribution in [3.8, 4) is 0 Å². The first-order valence-electron chi connectivity index (χ1n) is 7.47. The third kappa shape index (κ3) is 6.55. The van der Waals surface area contributed by atoms with E-state index in [1.807, 2.05) is 0 Å². The Hall–Kier alpha value is -0.380. The SMILES string of the molecule is C=C(CNC(C)(C)C)CN1CCN(C(C)(C)C)CC1. The van der Waals surface area contributed by atoms with Gasteiger partial charge < -0.3 is 5.32 Å². The summed E-state index contributed by atoms with van der Waals surface area (Å²) in [5.74, 6) is 0. The lowest BCUT2D eigenvalue weighted by molar-refractivity contribution is 0.0662. The van der Waals surface area contributed by atoms with Crippen molar-refractivity contribution in [3.05, 3.63) is 12.2 Å². The smallest absolute Gasteiger partial charge is 0.0203 e. The van der Waals surface area contributed by atoms with Crippen LogP contribution in [0.5, 0.6) is 0 Å². The second-order valence-electron chi connectivity index (χ2n) is 7.79. The van der Waals surface area contributed by atoms with Crippen LogP contribution in [0.2, 0.25) is 0 Å². The molecular weight excluding hydrogens is 234 g/mol. The van der Waals surface area contributed by atoms with E-state index in [0.717, 1.165) is 26.2 Å². The molecule has 1 saturated heterocycles. The monoisotopic (exact) mass is 267 g/mol. The zero-order valence-electron chi connectivity index (χ0n) is 13.8. The Morgan fingerprint density at radius 2 is 1.53 bits per heavy atom. The molecule has 0 saturated carbocycles. The molecule has 1 aliphatic rings. The zero-order valence-corrected chi connectivity index (χ0v) is 13.8. The summed E-state index contributed by atoms with van der Waals surface area (Å²) in [6.45, 7) is 24.3. The van der Waals surface area contributed by atoms with Crippen molar-refractivity contribution in [2.45, 2.75) is 52.6 Å². The molecule has 0 aliphatic carbocycles. The Bertz CT molecular complexity index is 288. The molecule has 112 valence electrons. The Labute approximate surface area is 120 Å². The van der Waals surface area contributed by atoms with Crippen LogP contribution in [0.4, 0.5) is 0 Å². The van der Waals surface area contributed by atoms with Gasteiger partial charge in [0.2, 0.25) is 0 Å². The molecule has 0 atom stereocenters. The minimum Gasteiger partial charge on any atom is -0.308 e. The lowest BCUT2D eigenvalue weighted by Crippen LogP contribution is -2.53. The van der Waals surface area contributed by atoms with Crippen molar-refractivity contribution < 1.29 is 0 Å². The second-order valence-corrected chi connectivity index (χ2v) is 7.79. The molecule has 0 aromatic carbocycles. The van der Waals surface area contributed by atoms with Crippen molar-refractivity contribution in [1.82, 2.24) is 15.1 Å². The van der Waals surface area contributed by atoms with E-state index < -0.39 is 0 Å². The van der Waals surface area contributed by atoms with Crippen LogP contribution >= 0.6 is 0 Å². The van der Waals surface area contributed by atoms with E-state index in [4.69, 9.17) is 0 Å². The summed E-state index contributed by atoms with van der Waals surface area (Å²) in [5.41, 5.74) is 1.77. The van der Waals surface area contributed by atoms with Crippen molar-refractivity contribution in [1.29, 1.82) is 0 Å². The molecule has 0 aromatic rings. The van der Waals surface area contributed by atoms with E-state index in [1.165, 1.54) is 18.7 Å². The molecule has 0 amide bonds. The zero-order chi connectivity index (χ0) is 14.7. The van der Waals surface area contributed by atoms with Crippen LogP contribution in [0.1, 0.15) is 41.5 Å². The van der Waals surface area contributed by atoms with Gasteiger partial charge in [0, 0.05) is 50.3 Å². The first-order valence-corrected chi connectivity index (χ1v) is 7.47. The quantitative estimate of drug-likeness (QED) is 0.789. The molecule has 1 rings (SSSR count). The van der Waals surface area contributed by atoms with E-state index in [1.54, 1.807) is 0 Å². The van der Waals surface area contributed by atoms with Crippen LogP contribution in [-0.4, -0.2) is 60.1 Å². The predicted molar refractivity (Wildman–Crippen MR) is 84.7 cm³/mol. The van der Waals surface area contributed by atoms with Gasteiger partial charge in [-0.15, -0.1) is 0 Å². The van der Waals surface area contributed by atoms with Crippen LogP contribution < -0.4 is 5.32 Å². The standard InChI is InChI=1S/C16H33N3/c1-14(12-17-15(2,3)4)13-18-8-10-19(11-9-18)16(5,6)7/h17H,1,8-13H2,2-7H3. The van der Waals surface area contributed by atoms with E-state index >= 15 is 0 Å². The highest BCUT2D eigenvalue weighted by atomic mass is 15.3. The number of hydrogen-bond acceptors (Lipinski definition) is 3. The highest BCUT2D eigenvalue weighted by molar-refractivity contribution is 5.02. The van der Waals surface area contributed by atoms with Crippen LogP contribution in [0.25, 0.3) is 0 Å². The molecule has 1 fully saturated rings. The van der Waals surface area contributed by atoms with Gasteiger partial charge >= 0.3 is 0 Å². The lowest BCUT2D eigenvalue weighted by Gasteiger charge is -2.42. The van der Waals surface area contributed by atoms with Gasteiger partial charge in [0.05, 0.1) is 0 Å². The molecular formula is C16H33N3. The summed E-state index contributed by atoms with van der Waals surface area (Å²) in [7, 11) is 0. The van der Waals surface area contributed by atoms with Gasteiger partial charge in [-0.05, 0) is 47.1 Å². The third-order valence-corrected chi connectivity index (χ3v) is 3.64. The van der Waals surface area contributed by atoms with Gasteiger partial charge in [0.25, 0.3) is 0 Å². The van der Waals surface area contributed by atoms with Gasteiger partial charge in [0.15, 0.2) is 0 Å². The molecule has 1 N–H and O–H groups in total. The number of rotatable bonds is 4. The number of hydrogen-bond donors (Lipinski definition) is 1. The maximum atomic E-state index is 4.20. The van der Waals surface area contributed by atoms with Crippen molar-refractivity contribution >= 4 is 0 Å². The first-order chi connectivity index (χ1) is 8.58. The Kier molecular flexibility index (Phi) is 5.60. The van der Waals surface area contributed by atoms with Gasteiger partial charge in [-0.3, -0.25) is 9.80 Å². The van der Waals surface area contributed by atoms with E-state index in [2.05, 4.69) is 63.2 Å². The fourth-order valence-corrected chi connectivity index (χ4v) is 2.34. The van der Waals surface area contributed by atoms with Gasteiger partial charge in [-0.1, -0.05) is 6.58 Å². The molecule has 0 spiro atoms. The van der Waals surface area contributed by atoms with Crippen LogP contribution in [0, 0.1) is 0 Å². The van der Waals surface area contributed by atoms with E-state index in [-0.39, 0.29) is 5.54 Å². The summed E-state index contributed by atoms with van der Waals surface area (Å²) < 4.78 is 0. The number of nitrogens with one attached hydrogen (secondary N) is 1. The summed E-state index contributed by atoms with van der Waals surface area (Å²) in [5, 5.41) is 3.51. The lowest BCUT2D eigenvalue weighted by atomic mass is 10.0. The Balaban J connectivity index is 2.28. The average molecular weight is 267 g/mol. The van der Waals surface area contributed by atoms with Crippen molar-refractivity contribution in [3.63, 3.8) is 0 Å². The predicted octanol–water partition coefficient (Wildman–Crippen LogP) is 2.35. The van der Waals surface area contributed by atoms with Gasteiger partial charge in [0.1, 0.15) is 0 Å². The Morgan fingerprint density at radius 1 is 1.00 bits per heavy atom. The van der Waals surface area contributed by atoms with Gasteiger partial charge in [-0.2, -0.15) is 0 Å². The highest BCUT2D eigenvalue weighted by Gasteiger charge is 2.25. The first kappa shape index (κ1) is 16.7. The number of nitrogens with zero attached hydrogens (tertiary/aromatic N) is 2. The maximum absolute atomic E-state index is 4.20. The molecule has 3 heteroatoms. The minimum absolute atomic E-state index is 0.174. The molecule has 0 bridgehead atoms. The topological polar surface area (TPSA) is 18.5 Å². The fraction of sp³-hybridized carbons (Fsp3) is 0.875. The van der Waals surface area contributed by atoms with Crippen LogP contribution in [-0.2, 0) is 0 Å². The third-order valence-electron chi connectivity index (χ3n) is 3.64. The van der Waals surface area contributed by atoms with Crippen LogP contribution in [0.3, 0.4) is 0 Å². The molecule has 1 heterocycles. The summed E-state index contributed by atoms with van der Waals surface area (Å²) >= 11 is 0. The molecule has 1 aliphatic heterocycles. The Morgan fingerprint density at radius 3 is 1.95 bits per heavy atom. The van der Waals surface area contributed by atoms with Crippen molar-refractivity contribution in [2.24, 2.45) is 0 Å². The van der Waals surface area contributed by atoms with E-state index in [9.17, 15) is 0 Å². The maximum Gasteiger partial charge on any atom is 0.0203 e. The second kappa shape index (κ2) is 6.38.